The fourth-order valence-corrected chi connectivity index (χ4v) is 2.24. The van der Waals surface area contributed by atoms with Gasteiger partial charge in [0.25, 0.3) is 0 Å². The van der Waals surface area contributed by atoms with Gasteiger partial charge in [-0.05, 0) is 37.5 Å². The molecule has 2 aromatic rings. The highest BCUT2D eigenvalue weighted by Crippen LogP contribution is 2.45. The van der Waals surface area contributed by atoms with Gasteiger partial charge in [0.1, 0.15) is 5.75 Å². The zero-order valence-corrected chi connectivity index (χ0v) is 11.2. The predicted molar refractivity (Wildman–Crippen MR) is 73.9 cm³/mol. The third-order valence-corrected chi connectivity index (χ3v) is 3.98. The van der Waals surface area contributed by atoms with Gasteiger partial charge in [0, 0.05) is 28.1 Å². The van der Waals surface area contributed by atoms with Gasteiger partial charge in [-0.1, -0.05) is 6.92 Å². The van der Waals surface area contributed by atoms with E-state index in [1.165, 1.54) is 0 Å². The van der Waals surface area contributed by atoms with Gasteiger partial charge in [0.2, 0.25) is 5.91 Å². The van der Waals surface area contributed by atoms with Crippen molar-refractivity contribution in [2.75, 3.05) is 0 Å². The molecule has 1 saturated carbocycles. The molecule has 100 valence electrons. The van der Waals surface area contributed by atoms with Crippen LogP contribution in [0.2, 0.25) is 0 Å². The summed E-state index contributed by atoms with van der Waals surface area (Å²) in [5.74, 6) is 0.417. The van der Waals surface area contributed by atoms with E-state index in [-0.39, 0.29) is 17.1 Å². The maximum absolute atomic E-state index is 11.9. The predicted octanol–water partition coefficient (Wildman–Crippen LogP) is 2.60. The molecule has 0 atom stereocenters. The highest BCUT2D eigenvalue weighted by molar-refractivity contribution is 5.85. The first-order valence-corrected chi connectivity index (χ1v) is 6.57. The Kier molecular flexibility index (Phi) is 2.55. The van der Waals surface area contributed by atoms with Gasteiger partial charge in [-0.25, -0.2) is 0 Å². The van der Waals surface area contributed by atoms with E-state index >= 15 is 0 Å². The van der Waals surface area contributed by atoms with Crippen molar-refractivity contribution >= 4 is 16.8 Å². The molecule has 0 saturated heterocycles. The second-order valence-electron chi connectivity index (χ2n) is 5.76. The van der Waals surface area contributed by atoms with E-state index in [9.17, 15) is 9.90 Å². The van der Waals surface area contributed by atoms with Crippen molar-refractivity contribution in [1.82, 2.24) is 10.3 Å². The Hall–Kier alpha value is -1.97. The van der Waals surface area contributed by atoms with Crippen LogP contribution in [0.1, 0.15) is 31.0 Å². The molecule has 1 heterocycles. The average Bonchev–Trinajstić information content (AvgIpc) is 2.99. The number of carbonyl (C=O) groups is 1. The zero-order chi connectivity index (χ0) is 13.6. The largest absolute Gasteiger partial charge is 0.508 e. The van der Waals surface area contributed by atoms with Crippen LogP contribution in [0.4, 0.5) is 0 Å². The molecule has 0 spiro atoms. The standard InChI is InChI=1S/C15H18N2O2/c1-9-5-10-6-11(17-12(10)7-13(9)18)8-16-14(19)15(2)3-4-15/h5-7,17-18H,3-4,8H2,1-2H3,(H,16,19). The lowest BCUT2D eigenvalue weighted by molar-refractivity contribution is -0.125. The number of rotatable bonds is 3. The van der Waals surface area contributed by atoms with Gasteiger partial charge in [-0.15, -0.1) is 0 Å². The van der Waals surface area contributed by atoms with E-state index in [4.69, 9.17) is 0 Å². The minimum absolute atomic E-state index is 0.130. The molecule has 3 rings (SSSR count). The maximum atomic E-state index is 11.9. The number of aromatic amines is 1. The summed E-state index contributed by atoms with van der Waals surface area (Å²) >= 11 is 0. The topological polar surface area (TPSA) is 65.1 Å². The summed E-state index contributed by atoms with van der Waals surface area (Å²) in [7, 11) is 0. The molecule has 3 N–H and O–H groups in total. The molecule has 0 aliphatic heterocycles. The van der Waals surface area contributed by atoms with E-state index < -0.39 is 0 Å². The molecule has 1 amide bonds. The van der Waals surface area contributed by atoms with Crippen molar-refractivity contribution in [3.63, 3.8) is 0 Å². The molecule has 0 unspecified atom stereocenters. The number of phenols is 1. The highest BCUT2D eigenvalue weighted by Gasteiger charge is 2.44. The number of amides is 1. The van der Waals surface area contributed by atoms with Crippen LogP contribution in [0.3, 0.4) is 0 Å². The maximum Gasteiger partial charge on any atom is 0.226 e. The van der Waals surface area contributed by atoms with Gasteiger partial charge in [0.15, 0.2) is 0 Å². The number of H-pyrrole nitrogens is 1. The van der Waals surface area contributed by atoms with Crippen LogP contribution >= 0.6 is 0 Å². The highest BCUT2D eigenvalue weighted by atomic mass is 16.3. The van der Waals surface area contributed by atoms with Crippen LogP contribution < -0.4 is 5.32 Å². The Labute approximate surface area is 111 Å². The van der Waals surface area contributed by atoms with Crippen LogP contribution in [0, 0.1) is 12.3 Å². The lowest BCUT2D eigenvalue weighted by Gasteiger charge is -2.08. The second-order valence-corrected chi connectivity index (χ2v) is 5.76. The second kappa shape index (κ2) is 4.02. The number of hydrogen-bond acceptors (Lipinski definition) is 2. The first-order valence-electron chi connectivity index (χ1n) is 6.57. The molecule has 4 nitrogen and oxygen atoms in total. The fraction of sp³-hybridized carbons (Fsp3) is 0.400. The lowest BCUT2D eigenvalue weighted by Crippen LogP contribution is -2.29. The summed E-state index contributed by atoms with van der Waals surface area (Å²) in [5.41, 5.74) is 2.57. The van der Waals surface area contributed by atoms with Gasteiger partial charge in [-0.2, -0.15) is 0 Å². The normalized spacial score (nSPS) is 16.5. The SMILES string of the molecule is Cc1cc2cc(CNC(=O)C3(C)CC3)[nH]c2cc1O. The Balaban J connectivity index is 1.76. The Morgan fingerprint density at radius 1 is 1.42 bits per heavy atom. The third-order valence-electron chi connectivity index (χ3n) is 3.98. The summed E-state index contributed by atoms with van der Waals surface area (Å²) in [6.07, 6.45) is 1.97. The quantitative estimate of drug-likeness (QED) is 0.792. The zero-order valence-electron chi connectivity index (χ0n) is 11.2. The van der Waals surface area contributed by atoms with E-state index in [2.05, 4.69) is 10.3 Å². The minimum Gasteiger partial charge on any atom is -0.508 e. The number of fused-ring (bicyclic) bond motifs is 1. The number of benzene rings is 1. The van der Waals surface area contributed by atoms with E-state index in [0.717, 1.165) is 35.0 Å². The van der Waals surface area contributed by atoms with Gasteiger partial charge in [-0.3, -0.25) is 4.79 Å². The van der Waals surface area contributed by atoms with Crippen LogP contribution in [0.15, 0.2) is 18.2 Å². The summed E-state index contributed by atoms with van der Waals surface area (Å²) in [4.78, 5) is 15.1. The molecule has 1 aliphatic rings. The van der Waals surface area contributed by atoms with Crippen molar-refractivity contribution < 1.29 is 9.90 Å². The molecule has 1 aromatic carbocycles. The molecular formula is C15H18N2O2. The smallest absolute Gasteiger partial charge is 0.226 e. The number of aryl methyl sites for hydroxylation is 1. The molecule has 0 radical (unpaired) electrons. The number of aromatic nitrogens is 1. The van der Waals surface area contributed by atoms with E-state index in [1.807, 2.05) is 26.0 Å². The number of nitrogens with one attached hydrogen (secondary N) is 2. The molecular weight excluding hydrogens is 240 g/mol. The van der Waals surface area contributed by atoms with Crippen molar-refractivity contribution in [3.05, 3.63) is 29.5 Å². The van der Waals surface area contributed by atoms with Crippen LogP contribution in [-0.2, 0) is 11.3 Å². The van der Waals surface area contributed by atoms with E-state index in [0.29, 0.717) is 6.54 Å². The van der Waals surface area contributed by atoms with Gasteiger partial charge in [0.05, 0.1) is 6.54 Å². The van der Waals surface area contributed by atoms with Crippen molar-refractivity contribution in [1.29, 1.82) is 0 Å². The molecule has 0 bridgehead atoms. The number of hydrogen-bond donors (Lipinski definition) is 3. The van der Waals surface area contributed by atoms with Crippen molar-refractivity contribution in [3.8, 4) is 5.75 Å². The number of carbonyl (C=O) groups excluding carboxylic acids is 1. The fourth-order valence-electron chi connectivity index (χ4n) is 2.24. The monoisotopic (exact) mass is 258 g/mol. The average molecular weight is 258 g/mol. The van der Waals surface area contributed by atoms with Crippen molar-refractivity contribution in [2.45, 2.75) is 33.2 Å². The Morgan fingerprint density at radius 2 is 2.16 bits per heavy atom. The van der Waals surface area contributed by atoms with Crippen LogP contribution in [0.5, 0.6) is 5.75 Å². The summed E-state index contributed by atoms with van der Waals surface area (Å²) in [6, 6.07) is 5.67. The molecule has 1 aliphatic carbocycles. The Morgan fingerprint density at radius 3 is 2.84 bits per heavy atom. The minimum atomic E-state index is -0.138. The summed E-state index contributed by atoms with van der Waals surface area (Å²) < 4.78 is 0. The van der Waals surface area contributed by atoms with E-state index in [1.54, 1.807) is 6.07 Å². The molecule has 4 heteroatoms. The third kappa shape index (κ3) is 2.18. The molecule has 19 heavy (non-hydrogen) atoms. The Bertz CT molecular complexity index is 614. The van der Waals surface area contributed by atoms with Gasteiger partial charge < -0.3 is 15.4 Å². The van der Waals surface area contributed by atoms with Crippen molar-refractivity contribution in [2.24, 2.45) is 5.41 Å². The van der Waals surface area contributed by atoms with Crippen LogP contribution in [0.25, 0.3) is 10.9 Å². The van der Waals surface area contributed by atoms with Crippen LogP contribution in [-0.4, -0.2) is 16.0 Å². The molecule has 1 aromatic heterocycles. The lowest BCUT2D eigenvalue weighted by atomic mass is 10.1. The first kappa shape index (κ1) is 12.1. The molecule has 1 fully saturated rings. The van der Waals surface area contributed by atoms with Gasteiger partial charge >= 0.3 is 0 Å². The first-order chi connectivity index (χ1) is 8.98. The summed E-state index contributed by atoms with van der Waals surface area (Å²) in [6.45, 7) is 4.37. The summed E-state index contributed by atoms with van der Waals surface area (Å²) in [5, 5.41) is 13.7. The number of aromatic hydroxyl groups is 1. The number of phenolic OH excluding ortho intramolecular Hbond substituents is 1.